The fourth-order valence-corrected chi connectivity index (χ4v) is 1.77. The van der Waals surface area contributed by atoms with Crippen molar-refractivity contribution in [2.75, 3.05) is 34.0 Å². The first kappa shape index (κ1) is 16.8. The Labute approximate surface area is 121 Å². The minimum atomic E-state index is -0.241. The molecule has 0 aromatic heterocycles. The fourth-order valence-electron chi connectivity index (χ4n) is 1.77. The molecule has 0 saturated carbocycles. The van der Waals surface area contributed by atoms with Crippen LogP contribution in [0, 0.1) is 0 Å². The van der Waals surface area contributed by atoms with Gasteiger partial charge >= 0.3 is 0 Å². The first-order valence-electron chi connectivity index (χ1n) is 6.75. The van der Waals surface area contributed by atoms with Crippen LogP contribution in [0.5, 0.6) is 11.5 Å². The lowest BCUT2D eigenvalue weighted by Crippen LogP contribution is -2.20. The average Bonchev–Trinajstić information content (AvgIpc) is 2.45. The number of methoxy groups -OCH3 is 2. The minimum absolute atomic E-state index is 0.217. The highest BCUT2D eigenvalue weighted by Crippen LogP contribution is 2.28. The van der Waals surface area contributed by atoms with Crippen LogP contribution >= 0.6 is 0 Å². The normalized spacial score (nSPS) is 12.5. The summed E-state index contributed by atoms with van der Waals surface area (Å²) in [5.74, 6) is 1.45. The summed E-state index contributed by atoms with van der Waals surface area (Å²) in [5.41, 5.74) is 7.02. The van der Waals surface area contributed by atoms with Crippen molar-refractivity contribution in [2.45, 2.75) is 26.0 Å². The second-order valence-electron chi connectivity index (χ2n) is 4.71. The molecule has 0 bridgehead atoms. The highest BCUT2D eigenvalue weighted by molar-refractivity contribution is 5.42. The van der Waals surface area contributed by atoms with Crippen LogP contribution in [0.3, 0.4) is 0 Å². The monoisotopic (exact) mass is 283 g/mol. The zero-order valence-corrected chi connectivity index (χ0v) is 12.7. The SMILES string of the molecule is COc1ccc(C(N)COCCOC(C)C)c(OC)c1. The molecule has 1 aromatic rings. The van der Waals surface area contributed by atoms with Gasteiger partial charge in [0.2, 0.25) is 0 Å². The molecule has 0 aliphatic heterocycles. The fraction of sp³-hybridized carbons (Fsp3) is 0.600. The number of hydrogen-bond donors (Lipinski definition) is 1. The Bertz CT molecular complexity index is 395. The summed E-state index contributed by atoms with van der Waals surface area (Å²) in [5, 5.41) is 0. The minimum Gasteiger partial charge on any atom is -0.497 e. The molecule has 0 amide bonds. The summed E-state index contributed by atoms with van der Waals surface area (Å²) in [6.07, 6.45) is 0.217. The van der Waals surface area contributed by atoms with Gasteiger partial charge in [-0.15, -0.1) is 0 Å². The molecule has 0 radical (unpaired) electrons. The van der Waals surface area contributed by atoms with E-state index in [2.05, 4.69) is 0 Å². The molecule has 1 rings (SSSR count). The molecule has 0 heterocycles. The van der Waals surface area contributed by atoms with Crippen LogP contribution in [0.4, 0.5) is 0 Å². The molecule has 1 aromatic carbocycles. The van der Waals surface area contributed by atoms with Crippen molar-refractivity contribution >= 4 is 0 Å². The van der Waals surface area contributed by atoms with Gasteiger partial charge in [0.1, 0.15) is 11.5 Å². The maximum absolute atomic E-state index is 6.12. The maximum atomic E-state index is 6.12. The first-order chi connectivity index (χ1) is 9.58. The summed E-state index contributed by atoms with van der Waals surface area (Å²) in [7, 11) is 3.23. The van der Waals surface area contributed by atoms with Crippen molar-refractivity contribution in [2.24, 2.45) is 5.73 Å². The van der Waals surface area contributed by atoms with Gasteiger partial charge in [-0.05, 0) is 26.0 Å². The quantitative estimate of drug-likeness (QED) is 0.704. The summed E-state index contributed by atoms with van der Waals surface area (Å²) in [6, 6.07) is 5.34. The van der Waals surface area contributed by atoms with E-state index in [-0.39, 0.29) is 12.1 Å². The van der Waals surface area contributed by atoms with Crippen LogP contribution < -0.4 is 15.2 Å². The van der Waals surface area contributed by atoms with Gasteiger partial charge in [-0.1, -0.05) is 0 Å². The molecule has 5 heteroatoms. The van der Waals surface area contributed by atoms with Gasteiger partial charge < -0.3 is 24.7 Å². The van der Waals surface area contributed by atoms with Crippen molar-refractivity contribution in [3.05, 3.63) is 23.8 Å². The third-order valence-electron chi connectivity index (χ3n) is 2.82. The van der Waals surface area contributed by atoms with E-state index < -0.39 is 0 Å². The van der Waals surface area contributed by atoms with Gasteiger partial charge in [-0.3, -0.25) is 0 Å². The number of hydrogen-bond acceptors (Lipinski definition) is 5. The van der Waals surface area contributed by atoms with Crippen LogP contribution in [0.15, 0.2) is 18.2 Å². The van der Waals surface area contributed by atoms with E-state index >= 15 is 0 Å². The van der Waals surface area contributed by atoms with Gasteiger partial charge in [-0.2, -0.15) is 0 Å². The summed E-state index contributed by atoms with van der Waals surface area (Å²) in [4.78, 5) is 0. The molecule has 114 valence electrons. The van der Waals surface area contributed by atoms with E-state index in [1.807, 2.05) is 32.0 Å². The highest BCUT2D eigenvalue weighted by Gasteiger charge is 2.13. The number of benzene rings is 1. The Morgan fingerprint density at radius 3 is 2.45 bits per heavy atom. The molecule has 0 aliphatic rings. The molecule has 0 spiro atoms. The van der Waals surface area contributed by atoms with E-state index in [0.717, 1.165) is 11.3 Å². The van der Waals surface area contributed by atoms with E-state index in [1.165, 1.54) is 0 Å². The summed E-state index contributed by atoms with van der Waals surface area (Å²) in [6.45, 7) is 5.51. The number of rotatable bonds is 9. The van der Waals surface area contributed by atoms with Gasteiger partial charge in [0.15, 0.2) is 0 Å². The van der Waals surface area contributed by atoms with E-state index in [1.54, 1.807) is 14.2 Å². The number of ether oxygens (including phenoxy) is 4. The molecular weight excluding hydrogens is 258 g/mol. The Morgan fingerprint density at radius 2 is 1.85 bits per heavy atom. The van der Waals surface area contributed by atoms with Crippen molar-refractivity contribution in [1.29, 1.82) is 0 Å². The molecule has 1 atom stereocenters. The predicted octanol–water partition coefficient (Wildman–Crippen LogP) is 2.15. The highest BCUT2D eigenvalue weighted by atomic mass is 16.5. The smallest absolute Gasteiger partial charge is 0.127 e. The topological polar surface area (TPSA) is 62.9 Å². The maximum Gasteiger partial charge on any atom is 0.127 e. The lowest BCUT2D eigenvalue weighted by Gasteiger charge is -2.17. The first-order valence-corrected chi connectivity index (χ1v) is 6.75. The van der Waals surface area contributed by atoms with E-state index in [4.69, 9.17) is 24.7 Å². The Balaban J connectivity index is 2.48. The van der Waals surface area contributed by atoms with Crippen molar-refractivity contribution < 1.29 is 18.9 Å². The van der Waals surface area contributed by atoms with E-state index in [0.29, 0.717) is 25.6 Å². The number of nitrogens with two attached hydrogens (primary N) is 1. The lowest BCUT2D eigenvalue weighted by molar-refractivity contribution is 0.0160. The standard InChI is InChI=1S/C15H25NO4/c1-11(2)20-8-7-19-10-14(16)13-6-5-12(17-3)9-15(13)18-4/h5-6,9,11,14H,7-8,10,16H2,1-4H3. The summed E-state index contributed by atoms with van der Waals surface area (Å²) < 4.78 is 21.4. The van der Waals surface area contributed by atoms with Crippen molar-refractivity contribution in [1.82, 2.24) is 0 Å². The van der Waals surface area contributed by atoms with Crippen molar-refractivity contribution in [3.8, 4) is 11.5 Å². The molecular formula is C15H25NO4. The Morgan fingerprint density at radius 1 is 1.10 bits per heavy atom. The largest absolute Gasteiger partial charge is 0.497 e. The molecule has 2 N–H and O–H groups in total. The van der Waals surface area contributed by atoms with Crippen LogP contribution in [-0.2, 0) is 9.47 Å². The molecule has 0 saturated heterocycles. The molecule has 0 aliphatic carbocycles. The zero-order valence-electron chi connectivity index (χ0n) is 12.7. The second kappa shape index (κ2) is 8.79. The van der Waals surface area contributed by atoms with Crippen LogP contribution in [0.2, 0.25) is 0 Å². The van der Waals surface area contributed by atoms with Crippen LogP contribution in [0.1, 0.15) is 25.5 Å². The van der Waals surface area contributed by atoms with E-state index in [9.17, 15) is 0 Å². The van der Waals surface area contributed by atoms with Crippen LogP contribution in [0.25, 0.3) is 0 Å². The van der Waals surface area contributed by atoms with Gasteiger partial charge in [0.25, 0.3) is 0 Å². The lowest BCUT2D eigenvalue weighted by atomic mass is 10.1. The van der Waals surface area contributed by atoms with Gasteiger partial charge in [0.05, 0.1) is 46.2 Å². The van der Waals surface area contributed by atoms with Gasteiger partial charge in [0, 0.05) is 11.6 Å². The summed E-state index contributed by atoms with van der Waals surface area (Å²) >= 11 is 0. The van der Waals surface area contributed by atoms with Crippen LogP contribution in [-0.4, -0.2) is 40.1 Å². The molecule has 0 fully saturated rings. The molecule has 1 unspecified atom stereocenters. The zero-order chi connectivity index (χ0) is 15.0. The molecule has 5 nitrogen and oxygen atoms in total. The van der Waals surface area contributed by atoms with Crippen molar-refractivity contribution in [3.63, 3.8) is 0 Å². The third-order valence-corrected chi connectivity index (χ3v) is 2.82. The predicted molar refractivity (Wildman–Crippen MR) is 78.4 cm³/mol. The molecule has 20 heavy (non-hydrogen) atoms. The third kappa shape index (κ3) is 5.36. The second-order valence-corrected chi connectivity index (χ2v) is 4.71. The van der Waals surface area contributed by atoms with Gasteiger partial charge in [-0.25, -0.2) is 0 Å². The Hall–Kier alpha value is -1.30. The average molecular weight is 283 g/mol. The Kier molecular flexibility index (Phi) is 7.36.